The maximum absolute atomic E-state index is 9.96. The number of carbonyl (C=O) groups is 6. The van der Waals surface area contributed by atoms with Gasteiger partial charge in [-0.15, -0.1) is 23.5 Å². The van der Waals surface area contributed by atoms with Gasteiger partial charge in [-0.3, -0.25) is 28.8 Å². The van der Waals surface area contributed by atoms with E-state index in [1.807, 2.05) is 90.7 Å². The van der Waals surface area contributed by atoms with Gasteiger partial charge in [-0.25, -0.2) is 4.85 Å². The molecule has 0 aliphatic rings. The number of primary amides is 6. The molecule has 0 saturated carbocycles. The number of hydrogen-bond acceptors (Lipinski definition) is 17. The van der Waals surface area contributed by atoms with Crippen LogP contribution in [-0.2, 0) is 40.3 Å². The highest BCUT2D eigenvalue weighted by Crippen LogP contribution is 2.19. The van der Waals surface area contributed by atoms with Crippen LogP contribution in [0.4, 0.5) is 5.69 Å². The molecule has 22 N–H and O–H groups in total. The predicted octanol–water partition coefficient (Wildman–Crippen LogP) is 7.76. The fraction of sp³-hybridized carbons (Fsp3) is 0.429. The molecule has 24 heteroatoms. The van der Waals surface area contributed by atoms with Crippen LogP contribution in [0.1, 0.15) is 91.5 Å². The van der Waals surface area contributed by atoms with Gasteiger partial charge in [-0.05, 0) is 118 Å². The molecule has 0 radical (unpaired) electrons. The molecule has 0 aliphatic carbocycles. The molecule has 0 bridgehead atoms. The van der Waals surface area contributed by atoms with E-state index >= 15 is 0 Å². The molecule has 0 aromatic heterocycles. The van der Waals surface area contributed by atoms with Crippen molar-refractivity contribution >= 4 is 99.9 Å². The van der Waals surface area contributed by atoms with Crippen molar-refractivity contribution < 1.29 is 28.8 Å². The molecule has 0 heterocycles. The first kappa shape index (κ1) is 99.6. The van der Waals surface area contributed by atoms with Crippen LogP contribution in [0.3, 0.4) is 0 Å². The van der Waals surface area contributed by atoms with Gasteiger partial charge in [0, 0.05) is 55.9 Å². The summed E-state index contributed by atoms with van der Waals surface area (Å²) in [5.74, 6) is 6.30. The topological polar surface area (TPSA) is 417 Å². The molecule has 0 aliphatic heterocycles. The average Bonchev–Trinajstić information content (AvgIpc) is 3.43. The van der Waals surface area contributed by atoms with Gasteiger partial charge < -0.3 is 63.1 Å². The summed E-state index contributed by atoms with van der Waals surface area (Å²) in [4.78, 5) is 62.0. The van der Waals surface area contributed by atoms with Crippen LogP contribution in [0, 0.1) is 24.8 Å². The Morgan fingerprint density at radius 1 is 0.450 bits per heavy atom. The number of aryl methyl sites for hydroxylation is 1. The van der Waals surface area contributed by atoms with Crippen LogP contribution < -0.4 is 63.1 Å². The molecule has 0 saturated heterocycles. The molecule has 4 aromatic rings. The maximum atomic E-state index is 9.96. The van der Waals surface area contributed by atoms with Crippen LogP contribution >= 0.6 is 58.8 Å². The Hall–Kier alpha value is -5.77. The average molecular weight is 1210 g/mol. The number of nitriles is 1. The van der Waals surface area contributed by atoms with E-state index in [0.717, 1.165) is 45.8 Å². The Morgan fingerprint density at radius 2 is 0.738 bits per heavy atom. The van der Waals surface area contributed by atoms with E-state index in [-0.39, 0.29) is 35.4 Å². The summed E-state index contributed by atoms with van der Waals surface area (Å²) in [5.41, 5.74) is 55.2. The quantitative estimate of drug-likeness (QED) is 0.0450. The highest BCUT2D eigenvalue weighted by Gasteiger charge is 1.94. The van der Waals surface area contributed by atoms with Gasteiger partial charge in [0.25, 0.3) is 0 Å². The van der Waals surface area contributed by atoms with Crippen LogP contribution in [0.2, 0.25) is 0 Å². The number of nitrogens with zero attached hydrogens (tertiary/aromatic N) is 2. The largest absolute Gasteiger partial charge is 0.370 e. The van der Waals surface area contributed by atoms with Gasteiger partial charge in [0.15, 0.2) is 5.69 Å². The van der Waals surface area contributed by atoms with Gasteiger partial charge in [0.05, 0.1) is 24.0 Å². The Balaban J connectivity index is -0.0000000740. The highest BCUT2D eigenvalue weighted by molar-refractivity contribution is 8.00. The summed E-state index contributed by atoms with van der Waals surface area (Å²) >= 11 is 9.07. The summed E-state index contributed by atoms with van der Waals surface area (Å²) < 4.78 is 0. The van der Waals surface area contributed by atoms with Crippen LogP contribution in [-0.4, -0.2) is 105 Å². The lowest BCUT2D eigenvalue weighted by atomic mass is 10.2. The minimum Gasteiger partial charge on any atom is -0.370 e. The van der Waals surface area contributed by atoms with E-state index in [4.69, 9.17) is 17.6 Å². The monoisotopic (exact) mass is 1210 g/mol. The summed E-state index contributed by atoms with van der Waals surface area (Å²) in [6, 6.07) is 36.7. The first-order chi connectivity index (χ1) is 37.9. The van der Waals surface area contributed by atoms with E-state index in [1.165, 1.54) is 102 Å². The molecule has 19 nitrogen and oxygen atoms in total. The molecule has 458 valence electrons. The zero-order chi connectivity index (χ0) is 65.1. The number of benzene rings is 4. The summed E-state index contributed by atoms with van der Waals surface area (Å²) in [6.07, 6.45) is 0. The third-order valence-electron chi connectivity index (χ3n) is 5.93. The lowest BCUT2D eigenvalue weighted by molar-refractivity contribution is -0.116. The second-order valence-corrected chi connectivity index (χ2v) is 19.5. The van der Waals surface area contributed by atoms with E-state index < -0.39 is 0 Å². The Morgan fingerprint density at radius 3 is 0.975 bits per heavy atom. The van der Waals surface area contributed by atoms with E-state index in [9.17, 15) is 28.8 Å². The zero-order valence-corrected chi connectivity index (χ0v) is 54.8. The standard InChI is InChI=1S/C10H11NS.C9H9NS.2C9H12S.C4H9NOS.5C2H5NO.5CH5N/c1-3-12-8-9-4-6-10(11-2)7-5-9;1-2-11-9-5-3-8(7-10)4-6-9;1-3-10-9-6-4-8(2)5-7-9;1-2-10-8-9-6-4-3-5-7-9;1-2-7-3-4(5)6;5*1-2(3)4;5*1-2/h4-7H,3,8H2,1H3;3-6H,2H2,1H3;4-7H,3H2,1-2H3;3-7H,2,8H2,1H3;2-3H2,1H3,(H2,5,6);5*1H3,(H2,3,4);5*2H2,1H3. The Bertz CT molecular complexity index is 1930. The number of amides is 6. The molecule has 0 unspecified atom stereocenters. The summed E-state index contributed by atoms with van der Waals surface area (Å²) in [5, 5.41) is 8.50. The Labute approximate surface area is 504 Å². The maximum Gasteiger partial charge on any atom is 0.227 e. The highest BCUT2D eigenvalue weighted by atomic mass is 32.2. The number of carbonyl (C=O) groups excluding carboxylic acids is 6. The normalized spacial score (nSPS) is 7.79. The minimum absolute atomic E-state index is 0.230. The summed E-state index contributed by atoms with van der Waals surface area (Å²) in [7, 11) is 7.50. The molecule has 0 fully saturated rings. The van der Waals surface area contributed by atoms with Crippen LogP contribution in [0.5, 0.6) is 0 Å². The smallest absolute Gasteiger partial charge is 0.227 e. The van der Waals surface area contributed by atoms with Crippen molar-refractivity contribution in [3.8, 4) is 6.07 Å². The molecular weight excluding hydrogens is 1110 g/mol. The van der Waals surface area contributed by atoms with Crippen molar-refractivity contribution in [3.63, 3.8) is 0 Å². The van der Waals surface area contributed by atoms with Gasteiger partial charge in [-0.2, -0.15) is 40.5 Å². The molecule has 80 heavy (non-hydrogen) atoms. The van der Waals surface area contributed by atoms with Crippen molar-refractivity contribution in [2.24, 2.45) is 63.1 Å². The first-order valence-corrected chi connectivity index (χ1v) is 29.9. The third-order valence-corrected chi connectivity index (χ3v) is 10.5. The van der Waals surface area contributed by atoms with Gasteiger partial charge in [-0.1, -0.05) is 107 Å². The molecule has 0 atom stereocenters. The number of rotatable bonds is 13. The van der Waals surface area contributed by atoms with E-state index in [1.54, 1.807) is 23.5 Å². The molecular formula is C56H103N13O6S5. The SMILES string of the molecule is CC(N)=O.CC(N)=O.CC(N)=O.CC(N)=O.CC(N)=O.CCSCC(N)=O.CCSCc1ccccc1.CCSc1ccc(C#N)cc1.CCSc1ccc(C)cc1.CN.CN.CN.CN.CN.[C-]#[N+]c1ccc(CSCC)cc1. The third kappa shape index (κ3) is 125. The minimum atomic E-state index is -0.333. The van der Waals surface area contributed by atoms with Crippen LogP contribution in [0.15, 0.2) is 113 Å². The lowest BCUT2D eigenvalue weighted by Crippen LogP contribution is -2.13. The van der Waals surface area contributed by atoms with E-state index in [2.05, 4.69) is 157 Å². The second-order valence-electron chi connectivity index (χ2n) is 13.0. The van der Waals surface area contributed by atoms with Crippen molar-refractivity contribution in [2.75, 3.05) is 69.8 Å². The van der Waals surface area contributed by atoms with Gasteiger partial charge in [0.2, 0.25) is 35.4 Å². The van der Waals surface area contributed by atoms with Crippen LogP contribution in [0.25, 0.3) is 4.85 Å². The molecule has 0 spiro atoms. The summed E-state index contributed by atoms with van der Waals surface area (Å²) in [6.45, 7) is 26.0. The molecule has 4 aromatic carbocycles. The second kappa shape index (κ2) is 89.8. The van der Waals surface area contributed by atoms with Gasteiger partial charge >= 0.3 is 0 Å². The number of nitrogens with two attached hydrogens (primary N) is 11. The molecule has 6 amide bonds. The lowest BCUT2D eigenvalue weighted by Gasteiger charge is -1.98. The number of hydrogen-bond donors (Lipinski definition) is 11. The Kier molecular flexibility index (Phi) is 112. The zero-order valence-electron chi connectivity index (χ0n) is 50.7. The fourth-order valence-electron chi connectivity index (χ4n) is 3.48. The van der Waals surface area contributed by atoms with Crippen molar-refractivity contribution in [1.82, 2.24) is 0 Å². The van der Waals surface area contributed by atoms with Crippen molar-refractivity contribution in [2.45, 2.75) is 97.5 Å². The van der Waals surface area contributed by atoms with Gasteiger partial charge in [0.1, 0.15) is 0 Å². The molecule has 4 rings (SSSR count). The van der Waals surface area contributed by atoms with E-state index in [0.29, 0.717) is 5.75 Å². The van der Waals surface area contributed by atoms with Crippen molar-refractivity contribution in [1.29, 1.82) is 5.26 Å². The predicted molar refractivity (Wildman–Crippen MR) is 355 cm³/mol. The fourth-order valence-corrected chi connectivity index (χ4v) is 6.47. The number of thioether (sulfide) groups is 5. The van der Waals surface area contributed by atoms with Crippen molar-refractivity contribution in [3.05, 3.63) is 137 Å². The first-order valence-electron chi connectivity index (χ1n) is 24.5.